The first kappa shape index (κ1) is 22.8. The van der Waals surface area contributed by atoms with Crippen LogP contribution in [0.1, 0.15) is 40.0 Å². The quantitative estimate of drug-likeness (QED) is 0.454. The molecule has 1 unspecified atom stereocenters. The van der Waals surface area contributed by atoms with Gasteiger partial charge in [-0.05, 0) is 48.4 Å². The van der Waals surface area contributed by atoms with Crippen molar-refractivity contribution in [2.75, 3.05) is 28.1 Å². The van der Waals surface area contributed by atoms with Crippen molar-refractivity contribution in [3.05, 3.63) is 82.6 Å². The molecule has 180 valence electrons. The fourth-order valence-electron chi connectivity index (χ4n) is 4.50. The molecule has 0 bridgehead atoms. The van der Waals surface area contributed by atoms with Crippen molar-refractivity contribution >= 4 is 11.9 Å². The molecular weight excluding hydrogens is 446 g/mol. The van der Waals surface area contributed by atoms with Crippen LogP contribution in [-0.2, 0) is 6.54 Å². The van der Waals surface area contributed by atoms with Gasteiger partial charge in [-0.1, -0.05) is 30.3 Å². The molecule has 0 N–H and O–H groups in total. The van der Waals surface area contributed by atoms with Crippen LogP contribution in [0.4, 0.5) is 0 Å². The second kappa shape index (κ2) is 9.35. The first-order chi connectivity index (χ1) is 17.0. The number of hydrogen-bond acceptors (Lipinski definition) is 7. The number of allylic oxidation sites excluding steroid dienone is 1. The highest BCUT2D eigenvalue weighted by atomic mass is 16.5. The molecule has 7 heteroatoms. The number of rotatable bonds is 6. The molecule has 0 saturated carbocycles. The highest BCUT2D eigenvalue weighted by molar-refractivity contribution is 6.15. The largest absolute Gasteiger partial charge is 0.493 e. The predicted octanol–water partition coefficient (Wildman–Crippen LogP) is 5.24. The molecule has 7 nitrogen and oxygen atoms in total. The van der Waals surface area contributed by atoms with Crippen LogP contribution in [0, 0.1) is 0 Å². The van der Waals surface area contributed by atoms with Gasteiger partial charge in [-0.2, -0.15) is 0 Å². The van der Waals surface area contributed by atoms with E-state index in [-0.39, 0.29) is 17.6 Å². The van der Waals surface area contributed by atoms with E-state index in [0.717, 1.165) is 11.3 Å². The third kappa shape index (κ3) is 4.08. The van der Waals surface area contributed by atoms with Crippen molar-refractivity contribution in [3.63, 3.8) is 0 Å². The number of Topliss-reactive ketones (excluding diaryl/α,β-unsaturated/α-hetero) is 1. The lowest BCUT2D eigenvalue weighted by atomic mass is 10.0. The number of fused-ring (bicyclic) bond motifs is 3. The molecule has 2 heterocycles. The van der Waals surface area contributed by atoms with Crippen molar-refractivity contribution in [2.24, 2.45) is 0 Å². The van der Waals surface area contributed by atoms with Crippen LogP contribution in [0.5, 0.6) is 28.7 Å². The van der Waals surface area contributed by atoms with Crippen molar-refractivity contribution in [3.8, 4) is 28.7 Å². The van der Waals surface area contributed by atoms with Crippen LogP contribution >= 0.6 is 0 Å². The van der Waals surface area contributed by atoms with E-state index < -0.39 is 0 Å². The normalized spacial score (nSPS) is 16.7. The molecule has 0 aromatic heterocycles. The van der Waals surface area contributed by atoms with E-state index in [0.29, 0.717) is 47.4 Å². The molecule has 0 fully saturated rings. The average molecular weight is 474 g/mol. The van der Waals surface area contributed by atoms with E-state index >= 15 is 0 Å². The summed E-state index contributed by atoms with van der Waals surface area (Å²) in [4.78, 5) is 15.4. The van der Waals surface area contributed by atoms with Crippen LogP contribution < -0.4 is 23.7 Å². The molecule has 2 aliphatic rings. The van der Waals surface area contributed by atoms with Gasteiger partial charge in [0.2, 0.25) is 11.5 Å². The van der Waals surface area contributed by atoms with Crippen LogP contribution in [-0.4, -0.2) is 38.7 Å². The van der Waals surface area contributed by atoms with E-state index in [1.54, 1.807) is 45.6 Å². The summed E-state index contributed by atoms with van der Waals surface area (Å²) in [5.74, 6) is 2.83. The molecule has 0 radical (unpaired) electrons. The topological polar surface area (TPSA) is 66.5 Å². The van der Waals surface area contributed by atoms with Crippen molar-refractivity contribution in [1.29, 1.82) is 0 Å². The van der Waals surface area contributed by atoms with Crippen molar-refractivity contribution < 1.29 is 28.5 Å². The fourth-order valence-corrected chi connectivity index (χ4v) is 4.50. The minimum absolute atomic E-state index is 0.145. The smallest absolute Gasteiger partial charge is 0.231 e. The number of nitrogens with zero attached hydrogens (tertiary/aromatic N) is 1. The van der Waals surface area contributed by atoms with Gasteiger partial charge in [0.1, 0.15) is 18.2 Å². The minimum atomic E-state index is -0.176. The number of hydrogen-bond donors (Lipinski definition) is 0. The van der Waals surface area contributed by atoms with E-state index in [2.05, 4.69) is 24.0 Å². The van der Waals surface area contributed by atoms with Gasteiger partial charge in [0.15, 0.2) is 17.3 Å². The molecular formula is C28H27NO6. The number of carbonyl (C=O) groups is 1. The molecule has 35 heavy (non-hydrogen) atoms. The first-order valence-corrected chi connectivity index (χ1v) is 11.4. The van der Waals surface area contributed by atoms with Gasteiger partial charge in [-0.15, -0.1) is 0 Å². The predicted molar refractivity (Wildman–Crippen MR) is 131 cm³/mol. The Morgan fingerprint density at radius 2 is 1.69 bits per heavy atom. The van der Waals surface area contributed by atoms with Crippen molar-refractivity contribution in [1.82, 2.24) is 4.90 Å². The van der Waals surface area contributed by atoms with E-state index in [1.807, 2.05) is 24.3 Å². The third-order valence-electron chi connectivity index (χ3n) is 6.46. The Kier molecular flexibility index (Phi) is 6.09. The standard InChI is InChI=1S/C28H27NO6/c1-17(19-8-6-5-7-9-19)29-15-21-22(34-16-29)11-10-20-26(30)23(35-27(20)21)12-18-13-24(31-2)28(33-4)25(14-18)32-3/h5-14,17H,15-16H2,1-4H3/b23-12-. The maximum Gasteiger partial charge on any atom is 0.231 e. The summed E-state index contributed by atoms with van der Waals surface area (Å²) in [5.41, 5.74) is 3.30. The molecule has 0 aliphatic carbocycles. The van der Waals surface area contributed by atoms with Gasteiger partial charge in [0.25, 0.3) is 0 Å². The van der Waals surface area contributed by atoms with E-state index in [4.69, 9.17) is 23.7 Å². The summed E-state index contributed by atoms with van der Waals surface area (Å²) < 4.78 is 28.5. The van der Waals surface area contributed by atoms with E-state index in [9.17, 15) is 4.79 Å². The molecule has 0 amide bonds. The Balaban J connectivity index is 1.46. The Labute approximate surface area is 204 Å². The fraction of sp³-hybridized carbons (Fsp3) is 0.250. The van der Waals surface area contributed by atoms with Gasteiger partial charge in [-0.25, -0.2) is 0 Å². The number of ether oxygens (including phenoxy) is 5. The Bertz CT molecular complexity index is 1280. The Hall–Kier alpha value is -3.97. The Morgan fingerprint density at radius 3 is 2.34 bits per heavy atom. The Morgan fingerprint density at radius 1 is 0.971 bits per heavy atom. The van der Waals surface area contributed by atoms with Gasteiger partial charge in [0, 0.05) is 12.6 Å². The summed E-state index contributed by atoms with van der Waals surface area (Å²) in [6.45, 7) is 3.22. The monoisotopic (exact) mass is 473 g/mol. The zero-order valence-electron chi connectivity index (χ0n) is 20.2. The summed E-state index contributed by atoms with van der Waals surface area (Å²) in [5, 5.41) is 0. The molecule has 5 rings (SSSR count). The summed E-state index contributed by atoms with van der Waals surface area (Å²) >= 11 is 0. The maximum atomic E-state index is 13.2. The van der Waals surface area contributed by atoms with Gasteiger partial charge >= 0.3 is 0 Å². The van der Waals surface area contributed by atoms with Gasteiger partial charge < -0.3 is 23.7 Å². The zero-order valence-corrected chi connectivity index (χ0v) is 20.2. The zero-order chi connectivity index (χ0) is 24.5. The molecule has 1 atom stereocenters. The second-order valence-corrected chi connectivity index (χ2v) is 8.42. The maximum absolute atomic E-state index is 13.2. The van der Waals surface area contributed by atoms with Gasteiger partial charge in [-0.3, -0.25) is 9.69 Å². The second-order valence-electron chi connectivity index (χ2n) is 8.42. The van der Waals surface area contributed by atoms with Crippen LogP contribution in [0.15, 0.2) is 60.4 Å². The van der Waals surface area contributed by atoms with Crippen molar-refractivity contribution in [2.45, 2.75) is 19.5 Å². The van der Waals surface area contributed by atoms with Crippen LogP contribution in [0.2, 0.25) is 0 Å². The lowest BCUT2D eigenvalue weighted by Gasteiger charge is -2.34. The molecule has 3 aromatic carbocycles. The number of carbonyl (C=O) groups excluding carboxylic acids is 1. The molecule has 0 spiro atoms. The molecule has 3 aromatic rings. The van der Waals surface area contributed by atoms with Crippen LogP contribution in [0.3, 0.4) is 0 Å². The van der Waals surface area contributed by atoms with Crippen LogP contribution in [0.25, 0.3) is 6.08 Å². The van der Waals surface area contributed by atoms with E-state index in [1.165, 1.54) is 5.56 Å². The highest BCUT2D eigenvalue weighted by Crippen LogP contribution is 2.44. The molecule has 0 saturated heterocycles. The number of ketones is 1. The van der Waals surface area contributed by atoms with Gasteiger partial charge in [0.05, 0.1) is 32.5 Å². The summed E-state index contributed by atoms with van der Waals surface area (Å²) in [6, 6.07) is 17.6. The summed E-state index contributed by atoms with van der Waals surface area (Å²) in [7, 11) is 4.65. The average Bonchev–Trinajstić information content (AvgIpc) is 3.23. The molecule has 2 aliphatic heterocycles. The number of methoxy groups -OCH3 is 3. The SMILES string of the molecule is COc1cc(/C=C2\Oc3c(ccc4c3CN(C(C)c3ccccc3)CO4)C2=O)cc(OC)c1OC. The highest BCUT2D eigenvalue weighted by Gasteiger charge is 2.34. The number of benzene rings is 3. The third-order valence-corrected chi connectivity index (χ3v) is 6.46. The lowest BCUT2D eigenvalue weighted by molar-refractivity contribution is 0.0606. The lowest BCUT2D eigenvalue weighted by Crippen LogP contribution is -2.34. The minimum Gasteiger partial charge on any atom is -0.493 e. The summed E-state index contributed by atoms with van der Waals surface area (Å²) in [6.07, 6.45) is 1.69. The first-order valence-electron chi connectivity index (χ1n) is 11.4.